The van der Waals surface area contributed by atoms with Crippen LogP contribution in [0.5, 0.6) is 0 Å². The van der Waals surface area contributed by atoms with Crippen molar-refractivity contribution in [1.82, 2.24) is 10.6 Å². The fourth-order valence-corrected chi connectivity index (χ4v) is 2.51. The fourth-order valence-electron chi connectivity index (χ4n) is 1.67. The van der Waals surface area contributed by atoms with Crippen LogP contribution in [0.1, 0.15) is 19.8 Å². The second kappa shape index (κ2) is 12.3. The zero-order valence-corrected chi connectivity index (χ0v) is 16.4. The Morgan fingerprint density at radius 1 is 0.800 bits per heavy atom. The minimum atomic E-state index is -1.03. The minimum Gasteiger partial charge on any atom is -0.345 e. The Labute approximate surface area is 162 Å². The number of hydrogen-bond acceptors (Lipinski definition) is 9. The Hall–Kier alpha value is -1.04. The maximum Gasteiger partial charge on any atom is 0.228 e. The highest BCUT2D eigenvalue weighted by molar-refractivity contribution is 7.80. The number of hydrogen-bond donors (Lipinski definition) is 6. The van der Waals surface area contributed by atoms with Crippen molar-refractivity contribution >= 4 is 67.1 Å². The summed E-state index contributed by atoms with van der Waals surface area (Å²) < 4.78 is 0. The average Bonchev–Trinajstić information content (AvgIpc) is 2.55. The number of amides is 2. The van der Waals surface area contributed by atoms with Crippen LogP contribution in [0.3, 0.4) is 0 Å². The quantitative estimate of drug-likeness (QED) is 0.173. The zero-order chi connectivity index (χ0) is 19.6. The van der Waals surface area contributed by atoms with E-state index in [4.69, 9.17) is 5.73 Å². The molecule has 4 N–H and O–H groups in total. The number of Topliss-reactive ketones (excluding diaryl/α,β-unsaturated/α-hetero) is 3. The van der Waals surface area contributed by atoms with Gasteiger partial charge in [-0.3, -0.25) is 24.0 Å². The smallest absolute Gasteiger partial charge is 0.228 e. The van der Waals surface area contributed by atoms with E-state index in [9.17, 15) is 24.0 Å². The first kappa shape index (κ1) is 24.0. The van der Waals surface area contributed by atoms with Gasteiger partial charge >= 0.3 is 0 Å². The SMILES string of the molecule is CC(=O)[C@H](CS)NC(=O)CC(=O)[C@H](CS)NC(=O)CC(=O)[C@@H](N)CS. The van der Waals surface area contributed by atoms with Crippen molar-refractivity contribution in [3.8, 4) is 0 Å². The van der Waals surface area contributed by atoms with Crippen LogP contribution < -0.4 is 16.4 Å². The molecule has 0 aliphatic heterocycles. The molecule has 0 aromatic carbocycles. The van der Waals surface area contributed by atoms with E-state index in [2.05, 4.69) is 48.5 Å². The molecule has 0 aliphatic carbocycles. The van der Waals surface area contributed by atoms with E-state index in [0.717, 1.165) is 0 Å². The number of rotatable bonds is 12. The van der Waals surface area contributed by atoms with Crippen LogP contribution in [0.25, 0.3) is 0 Å². The van der Waals surface area contributed by atoms with E-state index in [-0.39, 0.29) is 23.0 Å². The van der Waals surface area contributed by atoms with Gasteiger partial charge in [0.2, 0.25) is 11.8 Å². The van der Waals surface area contributed by atoms with Gasteiger partial charge in [-0.2, -0.15) is 37.9 Å². The fraction of sp³-hybridized carbons (Fsp3) is 0.643. The summed E-state index contributed by atoms with van der Waals surface area (Å²) in [6.07, 6.45) is -1.02. The van der Waals surface area contributed by atoms with Crippen LogP contribution in [-0.4, -0.2) is 64.5 Å². The van der Waals surface area contributed by atoms with E-state index in [1.54, 1.807) is 0 Å². The largest absolute Gasteiger partial charge is 0.345 e. The lowest BCUT2D eigenvalue weighted by molar-refractivity contribution is -0.134. The molecule has 0 aliphatic rings. The monoisotopic (exact) mass is 409 g/mol. The topological polar surface area (TPSA) is 135 Å². The number of nitrogens with two attached hydrogens (primary N) is 1. The molecule has 0 unspecified atom stereocenters. The van der Waals surface area contributed by atoms with Gasteiger partial charge < -0.3 is 16.4 Å². The first-order valence-electron chi connectivity index (χ1n) is 7.38. The summed E-state index contributed by atoms with van der Waals surface area (Å²) in [4.78, 5) is 58.5. The molecule has 0 fully saturated rings. The molecule has 2 amide bonds. The van der Waals surface area contributed by atoms with Gasteiger partial charge in [-0.25, -0.2) is 0 Å². The number of carbonyl (C=O) groups excluding carboxylic acids is 5. The van der Waals surface area contributed by atoms with Gasteiger partial charge in [0.05, 0.1) is 31.0 Å². The summed E-state index contributed by atoms with van der Waals surface area (Å²) in [5.41, 5.74) is 5.46. The zero-order valence-electron chi connectivity index (χ0n) is 13.7. The van der Waals surface area contributed by atoms with Crippen molar-refractivity contribution in [1.29, 1.82) is 0 Å². The molecule has 0 aromatic rings. The summed E-state index contributed by atoms with van der Waals surface area (Å²) in [5, 5.41) is 4.73. The molecule has 0 bridgehead atoms. The lowest BCUT2D eigenvalue weighted by atomic mass is 10.1. The summed E-state index contributed by atoms with van der Waals surface area (Å²) in [6.45, 7) is 1.30. The van der Waals surface area contributed by atoms with Gasteiger partial charge in [0.25, 0.3) is 0 Å². The lowest BCUT2D eigenvalue weighted by Gasteiger charge is -2.17. The van der Waals surface area contributed by atoms with Gasteiger partial charge in [-0.05, 0) is 6.92 Å². The van der Waals surface area contributed by atoms with Crippen molar-refractivity contribution in [2.24, 2.45) is 5.73 Å². The van der Waals surface area contributed by atoms with Gasteiger partial charge in [0.1, 0.15) is 0 Å². The molecule has 25 heavy (non-hydrogen) atoms. The van der Waals surface area contributed by atoms with Crippen LogP contribution in [0.4, 0.5) is 0 Å². The Kier molecular flexibility index (Phi) is 11.8. The third-order valence-electron chi connectivity index (χ3n) is 3.19. The Balaban J connectivity index is 4.60. The molecule has 0 spiro atoms. The third kappa shape index (κ3) is 9.28. The maximum atomic E-state index is 12.1. The van der Waals surface area contributed by atoms with Crippen molar-refractivity contribution in [2.75, 3.05) is 17.3 Å². The molecule has 0 radical (unpaired) electrons. The third-order valence-corrected chi connectivity index (χ3v) is 4.32. The first-order chi connectivity index (χ1) is 11.7. The summed E-state index contributed by atoms with van der Waals surface area (Å²) in [7, 11) is 0. The van der Waals surface area contributed by atoms with Crippen LogP contribution in [0.15, 0.2) is 0 Å². The van der Waals surface area contributed by atoms with E-state index in [1.807, 2.05) is 0 Å². The predicted molar refractivity (Wildman–Crippen MR) is 103 cm³/mol. The second-order valence-electron chi connectivity index (χ2n) is 5.29. The van der Waals surface area contributed by atoms with Gasteiger partial charge in [-0.15, -0.1) is 0 Å². The average molecular weight is 410 g/mol. The van der Waals surface area contributed by atoms with Crippen LogP contribution in [-0.2, 0) is 24.0 Å². The number of carbonyl (C=O) groups is 5. The first-order valence-corrected chi connectivity index (χ1v) is 9.28. The highest BCUT2D eigenvalue weighted by Crippen LogP contribution is 2.00. The molecular formula is C14H23N3O5S3. The van der Waals surface area contributed by atoms with Crippen LogP contribution in [0, 0.1) is 0 Å². The lowest BCUT2D eigenvalue weighted by Crippen LogP contribution is -2.47. The van der Waals surface area contributed by atoms with Crippen molar-refractivity contribution in [3.05, 3.63) is 0 Å². The molecule has 0 aromatic heterocycles. The van der Waals surface area contributed by atoms with E-state index in [0.29, 0.717) is 0 Å². The molecule has 11 heteroatoms. The minimum absolute atomic E-state index is 0.0482. The summed E-state index contributed by atoms with van der Waals surface area (Å²) in [5.74, 6) is -2.57. The highest BCUT2D eigenvalue weighted by atomic mass is 32.1. The maximum absolute atomic E-state index is 12.1. The van der Waals surface area contributed by atoms with Gasteiger partial charge in [0.15, 0.2) is 17.3 Å². The van der Waals surface area contributed by atoms with E-state index >= 15 is 0 Å². The Bertz CT molecular complexity index is 530. The van der Waals surface area contributed by atoms with Crippen LogP contribution >= 0.6 is 37.9 Å². The van der Waals surface area contributed by atoms with Gasteiger partial charge in [0, 0.05) is 17.3 Å². The highest BCUT2D eigenvalue weighted by Gasteiger charge is 2.25. The van der Waals surface area contributed by atoms with E-state index in [1.165, 1.54) is 6.92 Å². The molecule has 8 nitrogen and oxygen atoms in total. The normalized spacial score (nSPS) is 14.1. The molecule has 0 heterocycles. The second-order valence-corrected chi connectivity index (χ2v) is 6.39. The van der Waals surface area contributed by atoms with E-state index < -0.39 is 54.3 Å². The Morgan fingerprint density at radius 3 is 1.64 bits per heavy atom. The van der Waals surface area contributed by atoms with Crippen molar-refractivity contribution < 1.29 is 24.0 Å². The molecular weight excluding hydrogens is 386 g/mol. The van der Waals surface area contributed by atoms with Crippen molar-refractivity contribution in [2.45, 2.75) is 37.9 Å². The van der Waals surface area contributed by atoms with Gasteiger partial charge in [-0.1, -0.05) is 0 Å². The molecule has 0 saturated carbocycles. The molecule has 0 rings (SSSR count). The standard InChI is InChI=1S/C14H23N3O5S3/c1-7(18)9(5-24)16-14(22)3-12(20)10(6-25)17-13(21)2-11(19)8(15)4-23/h8-10,23-25H,2-6,15H2,1H3,(H,16,22)(H,17,21)/t8-,9-,10-/m0/s1. The number of ketones is 3. The predicted octanol–water partition coefficient (Wildman–Crippen LogP) is -1.42. The number of nitrogens with one attached hydrogen (secondary N) is 2. The Morgan fingerprint density at radius 2 is 1.24 bits per heavy atom. The van der Waals surface area contributed by atoms with Crippen molar-refractivity contribution in [3.63, 3.8) is 0 Å². The summed E-state index contributed by atoms with van der Waals surface area (Å²) in [6, 6.07) is -2.68. The molecule has 142 valence electrons. The molecule has 3 atom stereocenters. The number of thiol groups is 3. The summed E-state index contributed by atoms with van der Waals surface area (Å²) >= 11 is 11.8. The molecule has 0 saturated heterocycles. The van der Waals surface area contributed by atoms with Crippen LogP contribution in [0.2, 0.25) is 0 Å².